The third kappa shape index (κ3) is 5.52. The highest BCUT2D eigenvalue weighted by atomic mass is 32.2. The van der Waals surface area contributed by atoms with Crippen LogP contribution in [0.25, 0.3) is 11.1 Å². The summed E-state index contributed by atoms with van der Waals surface area (Å²) < 4.78 is 64.4. The van der Waals surface area contributed by atoms with Crippen molar-refractivity contribution in [3.63, 3.8) is 0 Å². The van der Waals surface area contributed by atoms with Crippen LogP contribution in [0.5, 0.6) is 0 Å². The van der Waals surface area contributed by atoms with E-state index in [0.717, 1.165) is 11.1 Å². The summed E-state index contributed by atoms with van der Waals surface area (Å²) in [6, 6.07) is 20.8. The molecule has 32 heavy (non-hydrogen) atoms. The Kier molecular flexibility index (Phi) is 6.97. The smallest absolute Gasteiger partial charge is 0.345 e. The molecule has 0 atom stereocenters. The topological polar surface area (TPSA) is 89.7 Å². The highest BCUT2D eigenvalue weighted by Gasteiger charge is 2.44. The van der Waals surface area contributed by atoms with Crippen LogP contribution in [0.2, 0.25) is 0 Å². The number of carbonyl (C=O) groups is 1. The minimum absolute atomic E-state index is 0.0395. The van der Waals surface area contributed by atoms with Crippen molar-refractivity contribution in [1.29, 1.82) is 0 Å². The monoisotopic (exact) mass is 464 g/mol. The Hall–Kier alpha value is -3.21. The molecule has 3 rings (SSSR count). The number of hydroxylamine groups is 1. The van der Waals surface area contributed by atoms with E-state index in [1.807, 2.05) is 30.3 Å². The van der Waals surface area contributed by atoms with Crippen molar-refractivity contribution < 1.29 is 31.2 Å². The van der Waals surface area contributed by atoms with Gasteiger partial charge >= 0.3 is 12.1 Å². The lowest BCUT2D eigenvalue weighted by molar-refractivity contribution is -0.223. The van der Waals surface area contributed by atoms with E-state index in [-0.39, 0.29) is 15.9 Å². The maximum absolute atomic E-state index is 13.0. The SMILES string of the molecule is NCc1ccc(CN(OC(=O)C(F)(F)F)S(=O)(=O)c2ccc(-c3ccccc3)cc2)cc1. The molecule has 6 nitrogen and oxygen atoms in total. The Morgan fingerprint density at radius 2 is 1.38 bits per heavy atom. The van der Waals surface area contributed by atoms with Gasteiger partial charge in [0.15, 0.2) is 0 Å². The minimum atomic E-state index is -5.37. The maximum Gasteiger partial charge on any atom is 0.492 e. The van der Waals surface area contributed by atoms with Crippen molar-refractivity contribution in [2.45, 2.75) is 24.2 Å². The first-order valence-corrected chi connectivity index (χ1v) is 10.8. The standard InChI is InChI=1S/C22H19F3N2O4S/c23-22(24,25)21(28)31-27(15-17-8-6-16(14-26)7-9-17)32(29,30)20-12-10-19(11-13-20)18-4-2-1-3-5-18/h1-13H,14-15,26H2. The van der Waals surface area contributed by atoms with Crippen LogP contribution in [0.1, 0.15) is 11.1 Å². The molecule has 0 heterocycles. The van der Waals surface area contributed by atoms with Gasteiger partial charge in [0.2, 0.25) is 0 Å². The Labute approximate surface area is 183 Å². The summed E-state index contributed by atoms with van der Waals surface area (Å²) in [5.41, 5.74) is 8.10. The van der Waals surface area contributed by atoms with Crippen LogP contribution in [-0.2, 0) is 32.7 Å². The molecule has 0 amide bonds. The van der Waals surface area contributed by atoms with E-state index in [4.69, 9.17) is 5.73 Å². The van der Waals surface area contributed by atoms with Crippen LogP contribution in [0.3, 0.4) is 0 Å². The highest BCUT2D eigenvalue weighted by molar-refractivity contribution is 7.89. The number of benzene rings is 3. The lowest BCUT2D eigenvalue weighted by atomic mass is 10.1. The van der Waals surface area contributed by atoms with Crippen molar-refractivity contribution >= 4 is 16.0 Å². The molecule has 3 aromatic rings. The summed E-state index contributed by atoms with van der Waals surface area (Å²) in [5.74, 6) is -2.64. The van der Waals surface area contributed by atoms with Gasteiger partial charge in [-0.2, -0.15) is 13.2 Å². The number of hydrogen-bond donors (Lipinski definition) is 1. The molecule has 0 saturated carbocycles. The summed E-state index contributed by atoms with van der Waals surface area (Å²) in [6.07, 6.45) is -5.37. The lowest BCUT2D eigenvalue weighted by Crippen LogP contribution is -2.38. The minimum Gasteiger partial charge on any atom is -0.345 e. The van der Waals surface area contributed by atoms with E-state index in [1.165, 1.54) is 36.4 Å². The summed E-state index contributed by atoms with van der Waals surface area (Å²) in [7, 11) is -4.60. The van der Waals surface area contributed by atoms with Crippen LogP contribution >= 0.6 is 0 Å². The highest BCUT2D eigenvalue weighted by Crippen LogP contribution is 2.26. The largest absolute Gasteiger partial charge is 0.492 e. The number of nitrogens with zero attached hydrogens (tertiary/aromatic N) is 1. The first kappa shape index (κ1) is 23.5. The molecule has 0 aliphatic carbocycles. The van der Waals surface area contributed by atoms with Crippen LogP contribution in [0.15, 0.2) is 83.8 Å². The molecule has 0 aliphatic heterocycles. The number of halogens is 3. The Balaban J connectivity index is 1.93. The molecule has 0 fully saturated rings. The van der Waals surface area contributed by atoms with E-state index in [2.05, 4.69) is 4.84 Å². The molecule has 0 saturated heterocycles. The predicted octanol–water partition coefficient (Wildman–Crippen LogP) is 4.02. The van der Waals surface area contributed by atoms with E-state index in [1.54, 1.807) is 12.1 Å². The Morgan fingerprint density at radius 1 is 0.844 bits per heavy atom. The van der Waals surface area contributed by atoms with Gasteiger partial charge in [0.1, 0.15) is 0 Å². The number of nitrogens with two attached hydrogens (primary N) is 1. The van der Waals surface area contributed by atoms with Crippen molar-refractivity contribution in [3.05, 3.63) is 90.0 Å². The van der Waals surface area contributed by atoms with Gasteiger partial charge in [0.05, 0.1) is 11.4 Å². The molecule has 2 N–H and O–H groups in total. The van der Waals surface area contributed by atoms with Crippen molar-refractivity contribution in [3.8, 4) is 11.1 Å². The summed E-state index contributed by atoms with van der Waals surface area (Å²) in [5, 5.41) is 0. The molecule has 0 spiro atoms. The van der Waals surface area contributed by atoms with Gasteiger partial charge in [-0.05, 0) is 38.9 Å². The summed E-state index contributed by atoms with van der Waals surface area (Å²) in [6.45, 7) is -0.380. The maximum atomic E-state index is 13.0. The van der Waals surface area contributed by atoms with Crippen LogP contribution in [0, 0.1) is 0 Å². The average molecular weight is 464 g/mol. The van der Waals surface area contributed by atoms with Crippen molar-refractivity contribution in [1.82, 2.24) is 4.47 Å². The number of sulfonamides is 1. The Bertz CT molecular complexity index is 1160. The van der Waals surface area contributed by atoms with Gasteiger partial charge in [-0.1, -0.05) is 66.7 Å². The third-order valence-electron chi connectivity index (χ3n) is 4.51. The second-order valence-corrected chi connectivity index (χ2v) is 8.58. The van der Waals surface area contributed by atoms with Crippen LogP contribution in [-0.4, -0.2) is 25.0 Å². The van der Waals surface area contributed by atoms with Gasteiger partial charge in [-0.3, -0.25) is 0 Å². The van der Waals surface area contributed by atoms with E-state index in [9.17, 15) is 26.4 Å². The number of alkyl halides is 3. The van der Waals surface area contributed by atoms with Gasteiger partial charge in [-0.25, -0.2) is 13.2 Å². The van der Waals surface area contributed by atoms with Crippen molar-refractivity contribution in [2.24, 2.45) is 5.73 Å². The summed E-state index contributed by atoms with van der Waals surface area (Å²) in [4.78, 5) is 15.4. The fraction of sp³-hybridized carbons (Fsp3) is 0.136. The molecule has 0 aliphatic rings. The van der Waals surface area contributed by atoms with Gasteiger partial charge in [0, 0.05) is 6.54 Å². The third-order valence-corrected chi connectivity index (χ3v) is 6.12. The van der Waals surface area contributed by atoms with Gasteiger partial charge in [-0.15, -0.1) is 0 Å². The van der Waals surface area contributed by atoms with Gasteiger partial charge in [0.25, 0.3) is 10.0 Å². The molecular weight excluding hydrogens is 445 g/mol. The van der Waals surface area contributed by atoms with Crippen LogP contribution in [0.4, 0.5) is 13.2 Å². The molecule has 168 valence electrons. The van der Waals surface area contributed by atoms with Crippen LogP contribution < -0.4 is 5.73 Å². The zero-order valence-electron chi connectivity index (χ0n) is 16.6. The second-order valence-electron chi connectivity index (χ2n) is 6.75. The fourth-order valence-electron chi connectivity index (χ4n) is 2.81. The first-order valence-electron chi connectivity index (χ1n) is 9.36. The summed E-state index contributed by atoms with van der Waals surface area (Å²) >= 11 is 0. The zero-order chi connectivity index (χ0) is 23.4. The molecule has 0 bridgehead atoms. The number of rotatable bonds is 7. The van der Waals surface area contributed by atoms with E-state index < -0.39 is 28.7 Å². The molecule has 0 aromatic heterocycles. The zero-order valence-corrected chi connectivity index (χ0v) is 17.4. The lowest BCUT2D eigenvalue weighted by Gasteiger charge is -2.22. The predicted molar refractivity (Wildman–Crippen MR) is 111 cm³/mol. The molecule has 3 aromatic carbocycles. The number of hydrogen-bond acceptors (Lipinski definition) is 5. The van der Waals surface area contributed by atoms with E-state index in [0.29, 0.717) is 11.1 Å². The molecule has 0 unspecified atom stereocenters. The quantitative estimate of drug-likeness (QED) is 0.534. The molecule has 10 heteroatoms. The number of carbonyl (C=O) groups excluding carboxylic acids is 1. The molecular formula is C22H19F3N2O4S. The van der Waals surface area contributed by atoms with E-state index >= 15 is 0 Å². The second kappa shape index (κ2) is 9.51. The van der Waals surface area contributed by atoms with Crippen molar-refractivity contribution in [2.75, 3.05) is 0 Å². The van der Waals surface area contributed by atoms with Gasteiger partial charge < -0.3 is 10.6 Å². The Morgan fingerprint density at radius 3 is 1.91 bits per heavy atom. The molecule has 0 radical (unpaired) electrons. The normalized spacial score (nSPS) is 12.0. The first-order chi connectivity index (χ1) is 15.1. The average Bonchev–Trinajstić information content (AvgIpc) is 2.79. The fourth-order valence-corrected chi connectivity index (χ4v) is 4.01.